The molecule has 0 unspecified atom stereocenters. The molecule has 0 fully saturated rings. The predicted molar refractivity (Wildman–Crippen MR) is 100 cm³/mol. The van der Waals surface area contributed by atoms with E-state index in [-0.39, 0.29) is 13.2 Å². The van der Waals surface area contributed by atoms with E-state index in [1.165, 1.54) is 12.1 Å². The van der Waals surface area contributed by atoms with Crippen LogP contribution in [0.2, 0.25) is 0 Å². The van der Waals surface area contributed by atoms with Gasteiger partial charge >= 0.3 is 6.18 Å². The molecule has 0 spiro atoms. The lowest BCUT2D eigenvalue weighted by Gasteiger charge is -2.12. The highest BCUT2D eigenvalue weighted by Gasteiger charge is 2.30. The van der Waals surface area contributed by atoms with Gasteiger partial charge in [0.15, 0.2) is 6.61 Å². The van der Waals surface area contributed by atoms with Crippen LogP contribution in [0.1, 0.15) is 11.1 Å². The highest BCUT2D eigenvalue weighted by atomic mass is 79.9. The average molecular weight is 438 g/mol. The second-order valence-corrected chi connectivity index (χ2v) is 6.66. The van der Waals surface area contributed by atoms with Gasteiger partial charge in [-0.25, -0.2) is 0 Å². The van der Waals surface area contributed by atoms with E-state index in [1.54, 1.807) is 6.07 Å². The Balaban J connectivity index is 1.58. The molecule has 0 aliphatic heterocycles. The molecule has 7 heteroatoms. The second-order valence-electron chi connectivity index (χ2n) is 5.86. The maximum atomic E-state index is 12.7. The van der Waals surface area contributed by atoms with E-state index in [9.17, 15) is 18.0 Å². The second kappa shape index (κ2) is 8.00. The molecule has 0 atom stereocenters. The zero-order valence-corrected chi connectivity index (χ0v) is 15.6. The molecule has 0 aromatic heterocycles. The smallest absolute Gasteiger partial charge is 0.416 e. The first-order valence-electron chi connectivity index (χ1n) is 8.07. The minimum absolute atomic E-state index is 0.00893. The number of hydrogen-bond donors (Lipinski definition) is 1. The van der Waals surface area contributed by atoms with Gasteiger partial charge in [-0.1, -0.05) is 42.5 Å². The number of carbonyl (C=O) groups excluding carboxylic acids is 1. The molecule has 3 aromatic rings. The molecule has 3 nitrogen and oxygen atoms in total. The fraction of sp³-hybridized carbons (Fsp3) is 0.150. The van der Waals surface area contributed by atoms with Gasteiger partial charge in [-0.2, -0.15) is 13.2 Å². The topological polar surface area (TPSA) is 38.3 Å². The van der Waals surface area contributed by atoms with Crippen LogP contribution in [-0.4, -0.2) is 12.5 Å². The van der Waals surface area contributed by atoms with E-state index in [1.807, 2.05) is 30.3 Å². The molecule has 140 valence electrons. The molecule has 1 amide bonds. The van der Waals surface area contributed by atoms with Gasteiger partial charge in [-0.3, -0.25) is 4.79 Å². The zero-order valence-electron chi connectivity index (χ0n) is 14.0. The SMILES string of the molecule is O=C(COc1ccc2ccccc2c1Br)NCc1cccc(C(F)(F)F)c1. The van der Waals surface area contributed by atoms with Gasteiger partial charge in [0, 0.05) is 6.54 Å². The normalized spacial score (nSPS) is 11.4. The number of hydrogen-bond acceptors (Lipinski definition) is 2. The molecule has 0 aliphatic carbocycles. The Hall–Kier alpha value is -2.54. The van der Waals surface area contributed by atoms with Crippen molar-refractivity contribution in [3.05, 3.63) is 76.3 Å². The molecule has 0 saturated heterocycles. The van der Waals surface area contributed by atoms with Gasteiger partial charge in [-0.05, 0) is 50.5 Å². The third-order valence-electron chi connectivity index (χ3n) is 3.93. The van der Waals surface area contributed by atoms with Crippen molar-refractivity contribution in [2.45, 2.75) is 12.7 Å². The first-order chi connectivity index (χ1) is 12.8. The van der Waals surface area contributed by atoms with Crippen LogP contribution in [0.25, 0.3) is 10.8 Å². The molecule has 0 aliphatic rings. The van der Waals surface area contributed by atoms with E-state index in [0.717, 1.165) is 27.4 Å². The standard InChI is InChI=1S/C20H15BrF3NO2/c21-19-16-7-2-1-5-14(16)8-9-17(19)27-12-18(26)25-11-13-4-3-6-15(10-13)20(22,23)24/h1-10H,11-12H2,(H,25,26). The van der Waals surface area contributed by atoms with E-state index >= 15 is 0 Å². The third kappa shape index (κ3) is 4.80. The summed E-state index contributed by atoms with van der Waals surface area (Å²) in [6.07, 6.45) is -4.41. The van der Waals surface area contributed by atoms with Crippen LogP contribution in [0.3, 0.4) is 0 Å². The molecule has 1 N–H and O–H groups in total. The Kier molecular flexibility index (Phi) is 5.70. The number of halogens is 4. The number of ether oxygens (including phenoxy) is 1. The van der Waals surface area contributed by atoms with Crippen LogP contribution in [0, 0.1) is 0 Å². The van der Waals surface area contributed by atoms with Crippen molar-refractivity contribution in [3.63, 3.8) is 0 Å². The van der Waals surface area contributed by atoms with Crippen LogP contribution < -0.4 is 10.1 Å². The summed E-state index contributed by atoms with van der Waals surface area (Å²) in [6, 6.07) is 16.2. The maximum Gasteiger partial charge on any atom is 0.416 e. The fourth-order valence-corrected chi connectivity index (χ4v) is 3.19. The van der Waals surface area contributed by atoms with Crippen LogP contribution in [0.5, 0.6) is 5.75 Å². The first kappa shape index (κ1) is 19.2. The molecule has 27 heavy (non-hydrogen) atoms. The van der Waals surface area contributed by atoms with Crippen molar-refractivity contribution in [1.29, 1.82) is 0 Å². The van der Waals surface area contributed by atoms with Gasteiger partial charge in [0.2, 0.25) is 0 Å². The minimum atomic E-state index is -4.41. The van der Waals surface area contributed by atoms with Crippen LogP contribution in [0.15, 0.2) is 65.1 Å². The van der Waals surface area contributed by atoms with Crippen LogP contribution in [0.4, 0.5) is 13.2 Å². The quantitative estimate of drug-likeness (QED) is 0.586. The molecule has 0 saturated carbocycles. The Morgan fingerprint density at radius 3 is 2.59 bits per heavy atom. The Morgan fingerprint density at radius 1 is 1.04 bits per heavy atom. The van der Waals surface area contributed by atoms with Crippen molar-refractivity contribution in [2.75, 3.05) is 6.61 Å². The molecule has 3 rings (SSSR count). The van der Waals surface area contributed by atoms with Gasteiger partial charge < -0.3 is 10.1 Å². The number of fused-ring (bicyclic) bond motifs is 1. The summed E-state index contributed by atoms with van der Waals surface area (Å²) < 4.78 is 44.4. The monoisotopic (exact) mass is 437 g/mol. The third-order valence-corrected chi connectivity index (χ3v) is 4.75. The molecular weight excluding hydrogens is 423 g/mol. The number of alkyl halides is 3. The lowest BCUT2D eigenvalue weighted by atomic mass is 10.1. The lowest BCUT2D eigenvalue weighted by molar-refractivity contribution is -0.137. The number of rotatable bonds is 5. The maximum absolute atomic E-state index is 12.7. The van der Waals surface area contributed by atoms with E-state index in [4.69, 9.17) is 4.74 Å². The van der Waals surface area contributed by atoms with Gasteiger partial charge in [0.05, 0.1) is 10.0 Å². The largest absolute Gasteiger partial charge is 0.483 e. The molecule has 0 bridgehead atoms. The van der Waals surface area contributed by atoms with Gasteiger partial charge in [-0.15, -0.1) is 0 Å². The Bertz CT molecular complexity index is 973. The number of carbonyl (C=O) groups is 1. The van der Waals surface area contributed by atoms with Crippen molar-refractivity contribution < 1.29 is 22.7 Å². The fourth-order valence-electron chi connectivity index (χ4n) is 2.58. The summed E-state index contributed by atoms with van der Waals surface area (Å²) in [4.78, 5) is 12.0. The number of amides is 1. The lowest BCUT2D eigenvalue weighted by Crippen LogP contribution is -2.28. The zero-order chi connectivity index (χ0) is 19.4. The summed E-state index contributed by atoms with van der Waals surface area (Å²) in [5.74, 6) is 0.0930. The summed E-state index contributed by atoms with van der Waals surface area (Å²) in [5.41, 5.74) is -0.379. The van der Waals surface area contributed by atoms with E-state index in [2.05, 4.69) is 21.2 Å². The van der Waals surface area contributed by atoms with E-state index in [0.29, 0.717) is 11.3 Å². The minimum Gasteiger partial charge on any atom is -0.483 e. The summed E-state index contributed by atoms with van der Waals surface area (Å²) in [7, 11) is 0. The van der Waals surface area contributed by atoms with Crippen molar-refractivity contribution in [1.82, 2.24) is 5.32 Å². The molecule has 0 radical (unpaired) electrons. The van der Waals surface area contributed by atoms with Crippen molar-refractivity contribution in [2.24, 2.45) is 0 Å². The van der Waals surface area contributed by atoms with Crippen molar-refractivity contribution >= 4 is 32.6 Å². The number of benzene rings is 3. The summed E-state index contributed by atoms with van der Waals surface area (Å²) in [6.45, 7) is -0.249. The highest BCUT2D eigenvalue weighted by Crippen LogP contribution is 2.33. The summed E-state index contributed by atoms with van der Waals surface area (Å²) in [5, 5.41) is 4.55. The predicted octanol–water partition coefficient (Wildman–Crippen LogP) is 5.32. The summed E-state index contributed by atoms with van der Waals surface area (Å²) >= 11 is 3.47. The highest BCUT2D eigenvalue weighted by molar-refractivity contribution is 9.10. The first-order valence-corrected chi connectivity index (χ1v) is 8.87. The molecule has 0 heterocycles. The Morgan fingerprint density at radius 2 is 1.81 bits per heavy atom. The van der Waals surface area contributed by atoms with Gasteiger partial charge in [0.1, 0.15) is 5.75 Å². The molecular formula is C20H15BrF3NO2. The Labute approximate surface area is 162 Å². The average Bonchev–Trinajstić information content (AvgIpc) is 2.65. The van der Waals surface area contributed by atoms with Crippen molar-refractivity contribution in [3.8, 4) is 5.75 Å². The molecule has 3 aromatic carbocycles. The van der Waals surface area contributed by atoms with Crippen LogP contribution in [-0.2, 0) is 17.5 Å². The number of nitrogens with one attached hydrogen (secondary N) is 1. The van der Waals surface area contributed by atoms with Gasteiger partial charge in [0.25, 0.3) is 5.91 Å². The van der Waals surface area contributed by atoms with E-state index < -0.39 is 17.6 Å². The van der Waals surface area contributed by atoms with Crippen LogP contribution >= 0.6 is 15.9 Å².